The average Bonchev–Trinajstić information content (AvgIpc) is 3.40. The van der Waals surface area contributed by atoms with Gasteiger partial charge in [-0.25, -0.2) is 23.7 Å². The number of aromatic nitrogens is 5. The van der Waals surface area contributed by atoms with E-state index in [2.05, 4.69) is 30.5 Å². The van der Waals surface area contributed by atoms with Gasteiger partial charge in [0.15, 0.2) is 5.82 Å². The zero-order valence-corrected chi connectivity index (χ0v) is 18.1. The summed E-state index contributed by atoms with van der Waals surface area (Å²) in [5.74, 6) is -3.28. The summed E-state index contributed by atoms with van der Waals surface area (Å²) in [6.07, 6.45) is -0.811. The molecule has 1 aliphatic heterocycles. The molecular formula is C21H20F5N7O. The average molecular weight is 481 g/mol. The molecule has 0 atom stereocenters. The summed E-state index contributed by atoms with van der Waals surface area (Å²) in [5.41, 5.74) is -1.72. The first-order chi connectivity index (χ1) is 16.0. The quantitative estimate of drug-likeness (QED) is 0.521. The lowest BCUT2D eigenvalue weighted by Crippen LogP contribution is -2.27. The summed E-state index contributed by atoms with van der Waals surface area (Å²) in [7, 11) is 0. The van der Waals surface area contributed by atoms with Crippen LogP contribution in [0.1, 0.15) is 47.9 Å². The van der Waals surface area contributed by atoms with Crippen LogP contribution in [0.25, 0.3) is 11.3 Å². The van der Waals surface area contributed by atoms with Gasteiger partial charge in [-0.05, 0) is 6.07 Å². The van der Waals surface area contributed by atoms with Crippen LogP contribution in [0.3, 0.4) is 0 Å². The molecule has 1 saturated heterocycles. The van der Waals surface area contributed by atoms with Crippen molar-refractivity contribution in [2.24, 2.45) is 0 Å². The number of anilines is 2. The fourth-order valence-corrected chi connectivity index (χ4v) is 3.58. The number of pyridine rings is 1. The Hall–Kier alpha value is -3.64. The Labute approximate surface area is 190 Å². The van der Waals surface area contributed by atoms with Gasteiger partial charge in [-0.3, -0.25) is 9.89 Å². The number of hydrogen-bond acceptors (Lipinski definition) is 6. The second-order valence-electron chi connectivity index (χ2n) is 8.18. The molecule has 0 unspecified atom stereocenters. The van der Waals surface area contributed by atoms with Crippen LogP contribution in [-0.2, 0) is 6.18 Å². The van der Waals surface area contributed by atoms with E-state index >= 15 is 0 Å². The number of halogens is 5. The molecule has 2 N–H and O–H groups in total. The smallest absolute Gasteiger partial charge is 0.349 e. The molecule has 1 fully saturated rings. The van der Waals surface area contributed by atoms with Crippen molar-refractivity contribution in [3.63, 3.8) is 0 Å². The normalized spacial score (nSPS) is 15.7. The summed E-state index contributed by atoms with van der Waals surface area (Å²) in [4.78, 5) is 26.5. The van der Waals surface area contributed by atoms with Crippen LogP contribution >= 0.6 is 0 Å². The van der Waals surface area contributed by atoms with Crippen LogP contribution in [0.5, 0.6) is 0 Å². The number of H-pyrrole nitrogens is 1. The van der Waals surface area contributed by atoms with Crippen LogP contribution in [0, 0.1) is 0 Å². The molecular weight excluding hydrogens is 461 g/mol. The molecule has 1 amide bonds. The fraction of sp³-hybridized carbons (Fsp3) is 0.381. The maximum Gasteiger partial charge on any atom is 0.420 e. The topological polar surface area (TPSA) is 99.7 Å². The van der Waals surface area contributed by atoms with E-state index in [0.717, 1.165) is 0 Å². The number of nitrogens with zero attached hydrogens (tertiary/aromatic N) is 5. The molecule has 180 valence electrons. The number of nitrogens with one attached hydrogen (secondary N) is 2. The molecule has 3 aromatic heterocycles. The number of rotatable bonds is 5. The molecule has 1 aliphatic rings. The van der Waals surface area contributed by atoms with Crippen LogP contribution in [-0.4, -0.2) is 50.1 Å². The van der Waals surface area contributed by atoms with Crippen molar-refractivity contribution in [3.05, 3.63) is 47.8 Å². The van der Waals surface area contributed by atoms with Gasteiger partial charge in [0.05, 0.1) is 29.7 Å². The lowest BCUT2D eigenvalue weighted by Gasteiger charge is -2.23. The van der Waals surface area contributed by atoms with E-state index < -0.39 is 42.2 Å². The fourth-order valence-electron chi connectivity index (χ4n) is 3.58. The zero-order chi connectivity index (χ0) is 24.7. The number of aromatic amines is 1. The summed E-state index contributed by atoms with van der Waals surface area (Å²) in [6.45, 7) is 2.97. The Morgan fingerprint density at radius 2 is 1.88 bits per heavy atom. The third-order valence-electron chi connectivity index (χ3n) is 5.30. The Bertz CT molecular complexity index is 1190. The van der Waals surface area contributed by atoms with Gasteiger partial charge in [0.2, 0.25) is 0 Å². The van der Waals surface area contributed by atoms with Gasteiger partial charge < -0.3 is 10.2 Å². The Morgan fingerprint density at radius 1 is 1.18 bits per heavy atom. The third-order valence-corrected chi connectivity index (χ3v) is 5.30. The molecule has 0 radical (unpaired) electrons. The second kappa shape index (κ2) is 8.61. The van der Waals surface area contributed by atoms with Crippen LogP contribution in [0.2, 0.25) is 0 Å². The predicted octanol–water partition coefficient (Wildman–Crippen LogP) is 4.50. The number of alkyl halides is 5. The Morgan fingerprint density at radius 3 is 2.47 bits per heavy atom. The van der Waals surface area contributed by atoms with Gasteiger partial charge in [-0.15, -0.1) is 0 Å². The van der Waals surface area contributed by atoms with Gasteiger partial charge in [0.25, 0.3) is 11.8 Å². The van der Waals surface area contributed by atoms with Crippen molar-refractivity contribution >= 4 is 17.4 Å². The maximum atomic E-state index is 13.9. The van der Waals surface area contributed by atoms with E-state index in [1.54, 1.807) is 0 Å². The van der Waals surface area contributed by atoms with Gasteiger partial charge >= 0.3 is 6.18 Å². The summed E-state index contributed by atoms with van der Waals surface area (Å²) in [6, 6.07) is 1.24. The molecule has 8 nitrogen and oxygen atoms in total. The van der Waals surface area contributed by atoms with Gasteiger partial charge in [-0.2, -0.15) is 18.3 Å². The largest absolute Gasteiger partial charge is 0.420 e. The molecule has 4 heterocycles. The van der Waals surface area contributed by atoms with Crippen molar-refractivity contribution < 1.29 is 26.7 Å². The first-order valence-electron chi connectivity index (χ1n) is 10.3. The van der Waals surface area contributed by atoms with Crippen molar-refractivity contribution in [3.8, 4) is 11.3 Å². The van der Waals surface area contributed by atoms with E-state index in [4.69, 9.17) is 0 Å². The lowest BCUT2D eigenvalue weighted by atomic mass is 10.1. The number of amides is 1. The van der Waals surface area contributed by atoms with Crippen LogP contribution in [0.15, 0.2) is 30.9 Å². The van der Waals surface area contributed by atoms with Gasteiger partial charge in [0, 0.05) is 43.0 Å². The summed E-state index contributed by atoms with van der Waals surface area (Å²) < 4.78 is 68.4. The van der Waals surface area contributed by atoms with E-state index in [1.807, 2.05) is 13.8 Å². The summed E-state index contributed by atoms with van der Waals surface area (Å²) in [5, 5.41) is 8.32. The predicted molar refractivity (Wildman–Crippen MR) is 113 cm³/mol. The first kappa shape index (κ1) is 23.5. The molecule has 0 spiro atoms. The Kier molecular flexibility index (Phi) is 5.96. The highest BCUT2D eigenvalue weighted by Crippen LogP contribution is 2.42. The highest BCUT2D eigenvalue weighted by Gasteiger charge is 2.41. The summed E-state index contributed by atoms with van der Waals surface area (Å²) >= 11 is 0. The molecule has 0 aromatic carbocycles. The van der Waals surface area contributed by atoms with E-state index in [-0.39, 0.29) is 35.1 Å². The maximum absolute atomic E-state index is 13.9. The highest BCUT2D eigenvalue weighted by molar-refractivity contribution is 6.08. The van der Waals surface area contributed by atoms with E-state index in [9.17, 15) is 26.7 Å². The lowest BCUT2D eigenvalue weighted by molar-refractivity contribution is -0.137. The molecule has 3 aromatic rings. The zero-order valence-electron chi connectivity index (χ0n) is 18.1. The van der Waals surface area contributed by atoms with Crippen molar-refractivity contribution in [2.75, 3.05) is 23.3 Å². The second-order valence-corrected chi connectivity index (χ2v) is 8.18. The van der Waals surface area contributed by atoms with Gasteiger partial charge in [0.1, 0.15) is 11.4 Å². The number of carbonyl (C=O) groups excluding carboxylic acids is 1. The molecule has 0 aliphatic carbocycles. The molecule has 13 heteroatoms. The molecule has 4 rings (SSSR count). The number of carbonyl (C=O) groups is 1. The van der Waals surface area contributed by atoms with Crippen LogP contribution in [0.4, 0.5) is 33.5 Å². The van der Waals surface area contributed by atoms with Gasteiger partial charge in [-0.1, -0.05) is 13.8 Å². The SMILES string of the molecule is CC(C)c1ncc(C(=O)Nc2c(-c3[nH]ncc3C(F)(F)F)ccnc2N2CCC(F)(F)C2)cn1. The van der Waals surface area contributed by atoms with E-state index in [0.29, 0.717) is 12.0 Å². The minimum absolute atomic E-state index is 0.0200. The van der Waals surface area contributed by atoms with Crippen molar-refractivity contribution in [1.82, 2.24) is 25.1 Å². The molecule has 34 heavy (non-hydrogen) atoms. The first-order valence-corrected chi connectivity index (χ1v) is 10.3. The highest BCUT2D eigenvalue weighted by atomic mass is 19.4. The van der Waals surface area contributed by atoms with Crippen molar-refractivity contribution in [1.29, 1.82) is 0 Å². The van der Waals surface area contributed by atoms with Crippen LogP contribution < -0.4 is 10.2 Å². The molecule has 0 bridgehead atoms. The van der Waals surface area contributed by atoms with E-state index in [1.165, 1.54) is 29.6 Å². The minimum atomic E-state index is -4.74. The van der Waals surface area contributed by atoms with Crippen molar-refractivity contribution in [2.45, 2.75) is 38.3 Å². The third kappa shape index (κ3) is 4.68. The minimum Gasteiger partial charge on any atom is -0.349 e. The standard InChI is InChI=1S/C21H20F5N7O/c1-11(2)17-28-7-12(8-29-17)19(34)31-16-13(15-14(9-30-32-15)21(24,25)26)3-5-27-18(16)33-6-4-20(22,23)10-33/h3,5,7-9,11H,4,6,10H2,1-2H3,(H,30,32)(H,31,34). The number of hydrogen-bond donors (Lipinski definition) is 2. The Balaban J connectivity index is 1.78. The molecule has 0 saturated carbocycles. The monoisotopic (exact) mass is 481 g/mol.